The van der Waals surface area contributed by atoms with Crippen LogP contribution in [0.1, 0.15) is 32.3 Å². The molecule has 2 aromatic carbocycles. The molecule has 0 bridgehead atoms. The summed E-state index contributed by atoms with van der Waals surface area (Å²) in [5.41, 5.74) is 3.26. The van der Waals surface area contributed by atoms with Crippen LogP contribution in [0.2, 0.25) is 0 Å². The third kappa shape index (κ3) is 4.09. The van der Waals surface area contributed by atoms with E-state index in [1.165, 1.54) is 4.90 Å². The predicted molar refractivity (Wildman–Crippen MR) is 128 cm³/mol. The fourth-order valence-electron chi connectivity index (χ4n) is 4.33. The summed E-state index contributed by atoms with van der Waals surface area (Å²) in [5.74, 6) is 0.853. The lowest BCUT2D eigenvalue weighted by Gasteiger charge is -2.32. The monoisotopic (exact) mass is 433 g/mol. The van der Waals surface area contributed by atoms with Crippen LogP contribution in [0.25, 0.3) is 5.57 Å². The number of carbonyl (C=O) groups is 2. The molecule has 0 spiro atoms. The molecular formula is C26H31N3O3. The quantitative estimate of drug-likeness (QED) is 0.640. The van der Waals surface area contributed by atoms with Crippen LogP contribution in [-0.4, -0.2) is 50.5 Å². The van der Waals surface area contributed by atoms with Gasteiger partial charge in [0.05, 0.1) is 17.9 Å². The van der Waals surface area contributed by atoms with Crippen LogP contribution in [0.15, 0.2) is 54.2 Å². The van der Waals surface area contributed by atoms with Crippen molar-refractivity contribution in [1.29, 1.82) is 0 Å². The molecule has 168 valence electrons. The third-order valence-corrected chi connectivity index (χ3v) is 6.22. The van der Waals surface area contributed by atoms with E-state index in [0.717, 1.165) is 42.9 Å². The Balaban J connectivity index is 1.77. The van der Waals surface area contributed by atoms with Gasteiger partial charge in [-0.1, -0.05) is 25.1 Å². The van der Waals surface area contributed by atoms with Crippen molar-refractivity contribution >= 4 is 28.8 Å². The normalized spacial score (nSPS) is 17.4. The molecule has 0 saturated carbocycles. The highest BCUT2D eigenvalue weighted by atomic mass is 16.5. The molecular weight excluding hydrogens is 402 g/mol. The van der Waals surface area contributed by atoms with Crippen LogP contribution in [0.4, 0.5) is 11.4 Å². The molecule has 2 aromatic rings. The van der Waals surface area contributed by atoms with Gasteiger partial charge >= 0.3 is 0 Å². The Kier molecular flexibility index (Phi) is 6.21. The summed E-state index contributed by atoms with van der Waals surface area (Å²) >= 11 is 0. The van der Waals surface area contributed by atoms with Crippen molar-refractivity contribution in [2.24, 2.45) is 5.92 Å². The summed E-state index contributed by atoms with van der Waals surface area (Å²) in [6.45, 7) is 6.31. The minimum absolute atomic E-state index is 0.246. The molecule has 0 atom stereocenters. The van der Waals surface area contributed by atoms with Gasteiger partial charge in [0.1, 0.15) is 11.4 Å². The lowest BCUT2D eigenvalue weighted by Crippen LogP contribution is -2.38. The zero-order chi connectivity index (χ0) is 22.8. The van der Waals surface area contributed by atoms with E-state index in [-0.39, 0.29) is 11.8 Å². The van der Waals surface area contributed by atoms with Crippen molar-refractivity contribution in [3.8, 4) is 5.75 Å². The Hall–Kier alpha value is -3.28. The number of hydrogen-bond donors (Lipinski definition) is 0. The van der Waals surface area contributed by atoms with E-state index >= 15 is 0 Å². The first kappa shape index (κ1) is 21.9. The van der Waals surface area contributed by atoms with Crippen molar-refractivity contribution in [3.05, 3.63) is 59.8 Å². The largest absolute Gasteiger partial charge is 0.494 e. The van der Waals surface area contributed by atoms with E-state index in [4.69, 9.17) is 4.74 Å². The van der Waals surface area contributed by atoms with Crippen LogP contribution in [-0.2, 0) is 9.59 Å². The van der Waals surface area contributed by atoms with Gasteiger partial charge in [-0.25, -0.2) is 4.90 Å². The van der Waals surface area contributed by atoms with Gasteiger partial charge in [-0.15, -0.1) is 0 Å². The summed E-state index contributed by atoms with van der Waals surface area (Å²) in [6, 6.07) is 15.0. The highest BCUT2D eigenvalue weighted by molar-refractivity contribution is 6.45. The lowest BCUT2D eigenvalue weighted by atomic mass is 9.97. The maximum Gasteiger partial charge on any atom is 0.282 e. The average Bonchev–Trinajstić information content (AvgIpc) is 3.05. The first-order valence-corrected chi connectivity index (χ1v) is 11.3. The molecule has 6 nitrogen and oxygen atoms in total. The number of amides is 2. The van der Waals surface area contributed by atoms with E-state index in [9.17, 15) is 9.59 Å². The molecule has 0 aliphatic carbocycles. The number of carbonyl (C=O) groups excluding carboxylic acids is 2. The number of hydrogen-bond acceptors (Lipinski definition) is 5. The van der Waals surface area contributed by atoms with E-state index in [1.54, 1.807) is 0 Å². The molecule has 0 unspecified atom stereocenters. The number of piperidine rings is 1. The standard InChI is InChI=1S/C26H31N3O3/c1-5-32-22-11-9-19(10-12-22)23-24(28-15-13-18(2)14-16-28)26(31)29(25(23)30)21-8-6-7-20(17-21)27(3)4/h6-12,17-18H,5,13-16H2,1-4H3. The smallest absolute Gasteiger partial charge is 0.282 e. The number of likely N-dealkylation sites (tertiary alicyclic amines) is 1. The maximum absolute atomic E-state index is 13.7. The second-order valence-corrected chi connectivity index (χ2v) is 8.71. The fraction of sp³-hybridized carbons (Fsp3) is 0.385. The lowest BCUT2D eigenvalue weighted by molar-refractivity contribution is -0.120. The van der Waals surface area contributed by atoms with Crippen LogP contribution in [0, 0.1) is 5.92 Å². The number of anilines is 2. The second-order valence-electron chi connectivity index (χ2n) is 8.71. The van der Waals surface area contributed by atoms with Gasteiger partial charge in [-0.05, 0) is 61.6 Å². The number of benzene rings is 2. The summed E-state index contributed by atoms with van der Waals surface area (Å²) in [7, 11) is 3.88. The van der Waals surface area contributed by atoms with Crippen LogP contribution >= 0.6 is 0 Å². The minimum Gasteiger partial charge on any atom is -0.494 e. The van der Waals surface area contributed by atoms with Crippen molar-refractivity contribution < 1.29 is 14.3 Å². The molecule has 2 amide bonds. The Morgan fingerprint density at radius 2 is 1.69 bits per heavy atom. The molecule has 0 aromatic heterocycles. The van der Waals surface area contributed by atoms with Crippen LogP contribution in [0.3, 0.4) is 0 Å². The van der Waals surface area contributed by atoms with Crippen molar-refractivity contribution in [2.75, 3.05) is 43.6 Å². The van der Waals surface area contributed by atoms with Crippen LogP contribution in [0.5, 0.6) is 5.75 Å². The Bertz CT molecular complexity index is 1030. The highest BCUT2D eigenvalue weighted by Crippen LogP contribution is 2.37. The number of nitrogens with zero attached hydrogens (tertiary/aromatic N) is 3. The van der Waals surface area contributed by atoms with Crippen LogP contribution < -0.4 is 14.5 Å². The van der Waals surface area contributed by atoms with Crippen molar-refractivity contribution in [1.82, 2.24) is 4.90 Å². The first-order chi connectivity index (χ1) is 15.4. The summed E-state index contributed by atoms with van der Waals surface area (Å²) < 4.78 is 5.56. The molecule has 2 aliphatic rings. The zero-order valence-corrected chi connectivity index (χ0v) is 19.3. The van der Waals surface area contributed by atoms with Gasteiger partial charge in [0.15, 0.2) is 0 Å². The third-order valence-electron chi connectivity index (χ3n) is 6.22. The number of imide groups is 1. The van der Waals surface area contributed by atoms with Crippen molar-refractivity contribution in [3.63, 3.8) is 0 Å². The summed E-state index contributed by atoms with van der Waals surface area (Å²) in [6.07, 6.45) is 2.02. The predicted octanol–water partition coefficient (Wildman–Crippen LogP) is 4.17. The molecule has 2 aliphatic heterocycles. The molecule has 6 heteroatoms. The molecule has 0 radical (unpaired) electrons. The van der Waals surface area contributed by atoms with Gasteiger partial charge in [-0.3, -0.25) is 9.59 Å². The molecule has 1 saturated heterocycles. The Labute approximate surface area is 190 Å². The summed E-state index contributed by atoms with van der Waals surface area (Å²) in [4.78, 5) is 32.8. The highest BCUT2D eigenvalue weighted by Gasteiger charge is 2.43. The fourth-order valence-corrected chi connectivity index (χ4v) is 4.33. The van der Waals surface area contributed by atoms with Gasteiger partial charge in [0, 0.05) is 32.9 Å². The van der Waals surface area contributed by atoms with Gasteiger partial charge in [0.2, 0.25) is 0 Å². The maximum atomic E-state index is 13.7. The Morgan fingerprint density at radius 1 is 1.00 bits per heavy atom. The summed E-state index contributed by atoms with van der Waals surface area (Å²) in [5, 5.41) is 0. The van der Waals surface area contributed by atoms with E-state index in [1.807, 2.05) is 74.4 Å². The molecule has 1 fully saturated rings. The van der Waals surface area contributed by atoms with Gasteiger partial charge in [0.25, 0.3) is 11.8 Å². The van der Waals surface area contributed by atoms with E-state index in [2.05, 4.69) is 11.8 Å². The second kappa shape index (κ2) is 9.07. The molecule has 2 heterocycles. The van der Waals surface area contributed by atoms with Crippen molar-refractivity contribution in [2.45, 2.75) is 26.7 Å². The molecule has 32 heavy (non-hydrogen) atoms. The SMILES string of the molecule is CCOc1ccc(C2=C(N3CCC(C)CC3)C(=O)N(c3cccc(N(C)C)c3)C2=O)cc1. The topological polar surface area (TPSA) is 53.1 Å². The number of rotatable bonds is 6. The Morgan fingerprint density at radius 3 is 2.31 bits per heavy atom. The number of ether oxygens (including phenoxy) is 1. The first-order valence-electron chi connectivity index (χ1n) is 11.3. The average molecular weight is 434 g/mol. The van der Waals surface area contributed by atoms with Gasteiger partial charge in [-0.2, -0.15) is 0 Å². The minimum atomic E-state index is -0.274. The zero-order valence-electron chi connectivity index (χ0n) is 19.3. The van der Waals surface area contributed by atoms with E-state index < -0.39 is 0 Å². The van der Waals surface area contributed by atoms with E-state index in [0.29, 0.717) is 29.5 Å². The molecule has 0 N–H and O–H groups in total. The molecule has 4 rings (SSSR count). The van der Waals surface area contributed by atoms with Gasteiger partial charge < -0.3 is 14.5 Å².